The van der Waals surface area contributed by atoms with Crippen LogP contribution in [0.15, 0.2) is 57.8 Å². The summed E-state index contributed by atoms with van der Waals surface area (Å²) in [5.41, 5.74) is 2.42. The second-order valence-electron chi connectivity index (χ2n) is 8.09. The zero-order chi connectivity index (χ0) is 22.8. The van der Waals surface area contributed by atoms with E-state index in [1.165, 1.54) is 27.8 Å². The fourth-order valence-corrected chi connectivity index (χ4v) is 6.92. The van der Waals surface area contributed by atoms with E-state index in [0.717, 1.165) is 35.5 Å². The molecule has 1 aliphatic rings. The Labute approximate surface area is 205 Å². The molecule has 4 aromatic rings. The molecular weight excluding hydrogens is 470 g/mol. The van der Waals surface area contributed by atoms with Gasteiger partial charge in [0.1, 0.15) is 4.83 Å². The number of carbonyl (C=O) groups excluding carboxylic acids is 1. The van der Waals surface area contributed by atoms with E-state index in [1.807, 2.05) is 29.2 Å². The van der Waals surface area contributed by atoms with Crippen LogP contribution in [0, 0.1) is 0 Å². The highest BCUT2D eigenvalue weighted by Crippen LogP contribution is 2.27. The lowest BCUT2D eigenvalue weighted by molar-refractivity contribution is -0.129. The lowest BCUT2D eigenvalue weighted by Crippen LogP contribution is -2.36. The van der Waals surface area contributed by atoms with E-state index in [4.69, 9.17) is 4.98 Å². The summed E-state index contributed by atoms with van der Waals surface area (Å²) < 4.78 is 1.76. The molecule has 0 bridgehead atoms. The highest BCUT2D eigenvalue weighted by atomic mass is 32.2. The third-order valence-corrected chi connectivity index (χ3v) is 9.13. The molecule has 170 valence electrons. The van der Waals surface area contributed by atoms with Gasteiger partial charge in [0.2, 0.25) is 5.91 Å². The van der Waals surface area contributed by atoms with Gasteiger partial charge in [-0.15, -0.1) is 22.7 Å². The van der Waals surface area contributed by atoms with Crippen LogP contribution in [-0.4, -0.2) is 32.7 Å². The molecule has 0 atom stereocenters. The zero-order valence-corrected chi connectivity index (χ0v) is 20.9. The molecule has 0 aliphatic carbocycles. The standard InChI is InChI=1S/C25H25N3O2S3/c1-2-19-14-20-23(33-19)26-25(28(24(20)30)12-8-17-6-4-3-5-7-17)32-16-22(29)27-11-9-21-18(15-27)10-13-31-21/h3-7,10,13-14H,2,8-9,11-12,15-16H2,1H3. The monoisotopic (exact) mass is 495 g/mol. The Morgan fingerprint density at radius 1 is 1.21 bits per heavy atom. The Morgan fingerprint density at radius 3 is 2.88 bits per heavy atom. The van der Waals surface area contributed by atoms with E-state index < -0.39 is 0 Å². The smallest absolute Gasteiger partial charge is 0.262 e. The maximum atomic E-state index is 13.4. The number of benzene rings is 1. The fourth-order valence-electron chi connectivity index (χ4n) is 4.09. The number of thioether (sulfide) groups is 1. The molecule has 0 radical (unpaired) electrons. The quantitative estimate of drug-likeness (QED) is 0.267. The van der Waals surface area contributed by atoms with Crippen molar-refractivity contribution in [3.05, 3.63) is 79.1 Å². The predicted molar refractivity (Wildman–Crippen MR) is 138 cm³/mol. The van der Waals surface area contributed by atoms with Crippen LogP contribution in [0.1, 0.15) is 27.8 Å². The van der Waals surface area contributed by atoms with Crippen molar-refractivity contribution in [2.45, 2.75) is 44.4 Å². The molecule has 1 aliphatic heterocycles. The van der Waals surface area contributed by atoms with Gasteiger partial charge in [0.05, 0.1) is 11.1 Å². The summed E-state index contributed by atoms with van der Waals surface area (Å²) in [6.07, 6.45) is 2.54. The molecule has 0 saturated carbocycles. The number of hydrogen-bond acceptors (Lipinski definition) is 6. The van der Waals surface area contributed by atoms with Crippen LogP contribution in [0.5, 0.6) is 0 Å². The van der Waals surface area contributed by atoms with Gasteiger partial charge in [0.15, 0.2) is 5.16 Å². The number of aryl methyl sites for hydroxylation is 2. The molecule has 1 amide bonds. The number of amides is 1. The van der Waals surface area contributed by atoms with Crippen molar-refractivity contribution >= 4 is 50.6 Å². The summed E-state index contributed by atoms with van der Waals surface area (Å²) in [6, 6.07) is 14.2. The molecular formula is C25H25N3O2S3. The average molecular weight is 496 g/mol. The van der Waals surface area contributed by atoms with Crippen molar-refractivity contribution in [2.75, 3.05) is 12.3 Å². The van der Waals surface area contributed by atoms with Gasteiger partial charge in [-0.2, -0.15) is 0 Å². The minimum atomic E-state index is -0.0114. The fraction of sp³-hybridized carbons (Fsp3) is 0.320. The summed E-state index contributed by atoms with van der Waals surface area (Å²) in [5.74, 6) is 0.385. The number of rotatable bonds is 7. The van der Waals surface area contributed by atoms with E-state index in [1.54, 1.807) is 27.2 Å². The third-order valence-electron chi connectivity index (χ3n) is 5.97. The average Bonchev–Trinajstić information content (AvgIpc) is 3.49. The van der Waals surface area contributed by atoms with Crippen LogP contribution in [0.4, 0.5) is 0 Å². The SMILES string of the molecule is CCc1cc2c(=O)n(CCc3ccccc3)c(SCC(=O)N3CCc4sccc4C3)nc2s1. The first-order chi connectivity index (χ1) is 16.1. The van der Waals surface area contributed by atoms with Gasteiger partial charge in [0.25, 0.3) is 5.56 Å². The number of carbonyl (C=O) groups is 1. The minimum Gasteiger partial charge on any atom is -0.337 e. The second-order valence-corrected chi connectivity index (χ2v) is 11.2. The first-order valence-electron chi connectivity index (χ1n) is 11.2. The van der Waals surface area contributed by atoms with Crippen LogP contribution < -0.4 is 5.56 Å². The molecule has 1 aromatic carbocycles. The Kier molecular flexibility index (Phi) is 6.66. The van der Waals surface area contributed by atoms with Crippen LogP contribution >= 0.6 is 34.4 Å². The molecule has 33 heavy (non-hydrogen) atoms. The van der Waals surface area contributed by atoms with Gasteiger partial charge in [-0.05, 0) is 47.9 Å². The molecule has 0 unspecified atom stereocenters. The first kappa shape index (κ1) is 22.4. The number of nitrogens with zero attached hydrogens (tertiary/aromatic N) is 3. The normalized spacial score (nSPS) is 13.4. The number of fused-ring (bicyclic) bond motifs is 2. The van der Waals surface area contributed by atoms with Crippen molar-refractivity contribution in [2.24, 2.45) is 0 Å². The largest absolute Gasteiger partial charge is 0.337 e. The number of aromatic nitrogens is 2. The number of hydrogen-bond donors (Lipinski definition) is 0. The van der Waals surface area contributed by atoms with Gasteiger partial charge in [-0.1, -0.05) is 49.0 Å². The zero-order valence-electron chi connectivity index (χ0n) is 18.5. The van der Waals surface area contributed by atoms with Crippen LogP contribution in [0.2, 0.25) is 0 Å². The maximum absolute atomic E-state index is 13.4. The molecule has 0 saturated heterocycles. The van der Waals surface area contributed by atoms with E-state index in [0.29, 0.717) is 23.6 Å². The molecule has 0 spiro atoms. The van der Waals surface area contributed by atoms with Gasteiger partial charge in [-0.25, -0.2) is 4.98 Å². The lowest BCUT2D eigenvalue weighted by atomic mass is 10.1. The summed E-state index contributed by atoms with van der Waals surface area (Å²) in [7, 11) is 0. The van der Waals surface area contributed by atoms with Crippen LogP contribution in [0.3, 0.4) is 0 Å². The van der Waals surface area contributed by atoms with Gasteiger partial charge in [-0.3, -0.25) is 14.2 Å². The van der Waals surface area contributed by atoms with Crippen molar-refractivity contribution in [1.82, 2.24) is 14.5 Å². The molecule has 8 heteroatoms. The molecule has 0 fully saturated rings. The third kappa shape index (κ3) is 4.78. The van der Waals surface area contributed by atoms with Gasteiger partial charge < -0.3 is 4.90 Å². The Hall–Kier alpha value is -2.42. The topological polar surface area (TPSA) is 55.2 Å². The molecule has 4 heterocycles. The van der Waals surface area contributed by atoms with Crippen LogP contribution in [0.25, 0.3) is 10.2 Å². The summed E-state index contributed by atoms with van der Waals surface area (Å²) >= 11 is 4.73. The maximum Gasteiger partial charge on any atom is 0.262 e. The van der Waals surface area contributed by atoms with Crippen LogP contribution in [-0.2, 0) is 37.1 Å². The summed E-state index contributed by atoms with van der Waals surface area (Å²) in [5, 5.41) is 3.42. The highest BCUT2D eigenvalue weighted by Gasteiger charge is 2.22. The number of thiophene rings is 2. The van der Waals surface area contributed by atoms with Crippen molar-refractivity contribution in [1.29, 1.82) is 0 Å². The molecule has 5 nitrogen and oxygen atoms in total. The van der Waals surface area contributed by atoms with Crippen molar-refractivity contribution in [3.63, 3.8) is 0 Å². The molecule has 5 rings (SSSR count). The first-order valence-corrected chi connectivity index (χ1v) is 13.8. The van der Waals surface area contributed by atoms with Crippen molar-refractivity contribution < 1.29 is 4.79 Å². The second kappa shape index (κ2) is 9.83. The predicted octanol–water partition coefficient (Wildman–Crippen LogP) is 5.00. The van der Waals surface area contributed by atoms with E-state index >= 15 is 0 Å². The minimum absolute atomic E-state index is 0.0114. The summed E-state index contributed by atoms with van der Waals surface area (Å²) in [6.45, 7) is 4.06. The van der Waals surface area contributed by atoms with Gasteiger partial charge >= 0.3 is 0 Å². The van der Waals surface area contributed by atoms with E-state index in [-0.39, 0.29) is 17.2 Å². The van der Waals surface area contributed by atoms with E-state index in [2.05, 4.69) is 30.5 Å². The van der Waals surface area contributed by atoms with Crippen molar-refractivity contribution in [3.8, 4) is 0 Å². The Bertz CT molecular complexity index is 1340. The Morgan fingerprint density at radius 2 is 2.06 bits per heavy atom. The van der Waals surface area contributed by atoms with Gasteiger partial charge in [0, 0.05) is 29.4 Å². The Balaban J connectivity index is 1.38. The van der Waals surface area contributed by atoms with E-state index in [9.17, 15) is 9.59 Å². The lowest BCUT2D eigenvalue weighted by Gasteiger charge is -2.27. The highest BCUT2D eigenvalue weighted by molar-refractivity contribution is 7.99. The molecule has 3 aromatic heterocycles. The molecule has 0 N–H and O–H groups in total. The summed E-state index contributed by atoms with van der Waals surface area (Å²) in [4.78, 5) is 36.4.